The number of aromatic nitrogens is 2. The summed E-state index contributed by atoms with van der Waals surface area (Å²) in [5.41, 5.74) is -6.37. The van der Waals surface area contributed by atoms with Crippen molar-refractivity contribution in [3.63, 3.8) is 0 Å². The SMILES string of the molecule is FC(F)(F)c1cc(C(F)(F)F)c2nc(Nc3ccccc3C(F)(F)F)[nH]c2c1. The second-order valence-electron chi connectivity index (χ2n) is 5.67. The molecule has 0 unspecified atom stereocenters. The lowest BCUT2D eigenvalue weighted by Crippen LogP contribution is -2.11. The van der Waals surface area contributed by atoms with Crippen LogP contribution >= 0.6 is 0 Å². The number of hydrogen-bond donors (Lipinski definition) is 2. The van der Waals surface area contributed by atoms with Gasteiger partial charge in [0.25, 0.3) is 0 Å². The molecule has 0 aliphatic heterocycles. The molecule has 0 saturated carbocycles. The molecule has 0 fully saturated rings. The van der Waals surface area contributed by atoms with E-state index >= 15 is 0 Å². The number of benzene rings is 2. The minimum Gasteiger partial charge on any atom is -0.325 e. The van der Waals surface area contributed by atoms with Crippen LogP contribution in [-0.2, 0) is 18.5 Å². The fourth-order valence-electron chi connectivity index (χ4n) is 2.52. The largest absolute Gasteiger partial charge is 0.418 e. The van der Waals surface area contributed by atoms with Gasteiger partial charge in [-0.25, -0.2) is 4.98 Å². The van der Waals surface area contributed by atoms with Gasteiger partial charge >= 0.3 is 18.5 Å². The van der Waals surface area contributed by atoms with E-state index < -0.39 is 57.9 Å². The molecule has 1 heterocycles. The maximum atomic E-state index is 13.2. The average molecular weight is 413 g/mol. The number of para-hydroxylation sites is 1. The van der Waals surface area contributed by atoms with Crippen molar-refractivity contribution in [2.45, 2.75) is 18.5 Å². The lowest BCUT2D eigenvalue weighted by molar-refractivity contribution is -0.142. The summed E-state index contributed by atoms with van der Waals surface area (Å²) in [6.45, 7) is 0. The van der Waals surface area contributed by atoms with E-state index in [9.17, 15) is 39.5 Å². The molecule has 0 atom stereocenters. The molecule has 0 aliphatic rings. The summed E-state index contributed by atoms with van der Waals surface area (Å²) in [5, 5.41) is 2.17. The van der Waals surface area contributed by atoms with Crippen LogP contribution < -0.4 is 5.32 Å². The van der Waals surface area contributed by atoms with Crippen molar-refractivity contribution in [2.75, 3.05) is 5.32 Å². The van der Waals surface area contributed by atoms with Crippen molar-refractivity contribution in [1.82, 2.24) is 9.97 Å². The van der Waals surface area contributed by atoms with Gasteiger partial charge in [0.15, 0.2) is 0 Å². The van der Waals surface area contributed by atoms with Crippen molar-refractivity contribution in [1.29, 1.82) is 0 Å². The molecule has 1 aromatic heterocycles. The van der Waals surface area contributed by atoms with Crippen LogP contribution in [-0.4, -0.2) is 9.97 Å². The predicted molar refractivity (Wildman–Crippen MR) is 80.8 cm³/mol. The summed E-state index contributed by atoms with van der Waals surface area (Å²) in [6, 6.07) is 4.37. The van der Waals surface area contributed by atoms with E-state index in [1.165, 1.54) is 6.07 Å². The molecule has 28 heavy (non-hydrogen) atoms. The summed E-state index contributed by atoms with van der Waals surface area (Å²) >= 11 is 0. The Balaban J connectivity index is 2.13. The molecule has 0 aliphatic carbocycles. The van der Waals surface area contributed by atoms with Crippen LogP contribution in [0.15, 0.2) is 36.4 Å². The fraction of sp³-hybridized carbons (Fsp3) is 0.188. The van der Waals surface area contributed by atoms with Gasteiger partial charge in [0, 0.05) is 0 Å². The lowest BCUT2D eigenvalue weighted by Gasteiger charge is -2.12. The van der Waals surface area contributed by atoms with Crippen LogP contribution in [0, 0.1) is 0 Å². The number of nitrogens with zero attached hydrogens (tertiary/aromatic N) is 1. The zero-order valence-corrected chi connectivity index (χ0v) is 13.3. The van der Waals surface area contributed by atoms with Crippen LogP contribution in [0.4, 0.5) is 51.1 Å². The first-order valence-electron chi connectivity index (χ1n) is 7.38. The second-order valence-corrected chi connectivity index (χ2v) is 5.67. The van der Waals surface area contributed by atoms with Gasteiger partial charge in [-0.1, -0.05) is 12.1 Å². The summed E-state index contributed by atoms with van der Waals surface area (Å²) in [5.74, 6) is -0.573. The Bertz CT molecular complexity index is 1010. The summed E-state index contributed by atoms with van der Waals surface area (Å²) < 4.78 is 117. The van der Waals surface area contributed by atoms with E-state index in [1.807, 2.05) is 0 Å². The number of H-pyrrole nitrogens is 1. The van der Waals surface area contributed by atoms with Crippen LogP contribution in [0.2, 0.25) is 0 Å². The molecule has 2 aromatic carbocycles. The number of imidazole rings is 1. The summed E-state index contributed by atoms with van der Waals surface area (Å²) in [7, 11) is 0. The van der Waals surface area contributed by atoms with Gasteiger partial charge < -0.3 is 10.3 Å². The van der Waals surface area contributed by atoms with E-state index in [2.05, 4.69) is 15.3 Å². The van der Waals surface area contributed by atoms with E-state index in [4.69, 9.17) is 0 Å². The number of aromatic amines is 1. The van der Waals surface area contributed by atoms with Crippen molar-refractivity contribution in [2.24, 2.45) is 0 Å². The number of halogens is 9. The van der Waals surface area contributed by atoms with Gasteiger partial charge in [-0.2, -0.15) is 39.5 Å². The first-order valence-corrected chi connectivity index (χ1v) is 7.38. The molecule has 0 bridgehead atoms. The van der Waals surface area contributed by atoms with Crippen LogP contribution in [0.1, 0.15) is 16.7 Å². The van der Waals surface area contributed by atoms with Crippen molar-refractivity contribution in [3.05, 3.63) is 53.1 Å². The van der Waals surface area contributed by atoms with E-state index in [1.54, 1.807) is 0 Å². The molecule has 0 saturated heterocycles. The third kappa shape index (κ3) is 3.85. The summed E-state index contributed by atoms with van der Waals surface area (Å²) in [4.78, 5) is 5.66. The molecule has 0 radical (unpaired) electrons. The number of fused-ring (bicyclic) bond motifs is 1. The minimum atomic E-state index is -5.16. The van der Waals surface area contributed by atoms with Gasteiger partial charge in [-0.15, -0.1) is 0 Å². The minimum absolute atomic E-state index is 0.101. The lowest BCUT2D eigenvalue weighted by atomic mass is 10.1. The molecule has 3 nitrogen and oxygen atoms in total. The Hall–Kier alpha value is -2.92. The highest BCUT2D eigenvalue weighted by Gasteiger charge is 2.39. The summed E-state index contributed by atoms with van der Waals surface area (Å²) in [6.07, 6.45) is -15.0. The van der Waals surface area contributed by atoms with E-state index in [0.29, 0.717) is 6.07 Å². The van der Waals surface area contributed by atoms with Gasteiger partial charge in [0.05, 0.1) is 27.9 Å². The Morgan fingerprint density at radius 3 is 1.93 bits per heavy atom. The predicted octanol–water partition coefficient (Wildman–Crippen LogP) is 6.36. The van der Waals surface area contributed by atoms with Gasteiger partial charge in [-0.3, -0.25) is 0 Å². The monoisotopic (exact) mass is 413 g/mol. The highest BCUT2D eigenvalue weighted by Crippen LogP contribution is 2.40. The number of rotatable bonds is 2. The number of anilines is 2. The highest BCUT2D eigenvalue weighted by molar-refractivity contribution is 5.83. The molecule has 2 N–H and O–H groups in total. The zero-order chi connectivity index (χ0) is 20.9. The molecular weight excluding hydrogens is 405 g/mol. The third-order valence-corrected chi connectivity index (χ3v) is 3.70. The molecular formula is C16H8F9N3. The first-order chi connectivity index (χ1) is 12.8. The first kappa shape index (κ1) is 19.8. The highest BCUT2D eigenvalue weighted by atomic mass is 19.4. The molecule has 12 heteroatoms. The van der Waals surface area contributed by atoms with Crippen molar-refractivity contribution < 1.29 is 39.5 Å². The normalized spacial score (nSPS) is 13.2. The van der Waals surface area contributed by atoms with Crippen LogP contribution in [0.25, 0.3) is 11.0 Å². The van der Waals surface area contributed by atoms with E-state index in [-0.39, 0.29) is 6.07 Å². The van der Waals surface area contributed by atoms with Crippen LogP contribution in [0.5, 0.6) is 0 Å². The maximum absolute atomic E-state index is 13.2. The van der Waals surface area contributed by atoms with Crippen LogP contribution in [0.3, 0.4) is 0 Å². The fourth-order valence-corrected chi connectivity index (χ4v) is 2.52. The smallest absolute Gasteiger partial charge is 0.325 e. The topological polar surface area (TPSA) is 40.7 Å². The second kappa shape index (κ2) is 6.31. The third-order valence-electron chi connectivity index (χ3n) is 3.70. The number of hydrogen-bond acceptors (Lipinski definition) is 2. The molecule has 3 aromatic rings. The standard InChI is InChI=1S/C16H8F9N3/c17-14(18,19)7-5-9(16(23,24)25)12-11(6-7)27-13(28-12)26-10-4-2-1-3-8(10)15(20,21)22/h1-6H,(H2,26,27,28). The Labute approximate surface area is 150 Å². The quantitative estimate of drug-likeness (QED) is 0.480. The van der Waals surface area contributed by atoms with Crippen molar-refractivity contribution >= 4 is 22.7 Å². The Kier molecular flexibility index (Phi) is 4.47. The zero-order valence-electron chi connectivity index (χ0n) is 13.3. The molecule has 0 spiro atoms. The molecule has 0 amide bonds. The van der Waals surface area contributed by atoms with Crippen molar-refractivity contribution in [3.8, 4) is 0 Å². The number of nitrogens with one attached hydrogen (secondary N) is 2. The number of alkyl halides is 9. The Morgan fingerprint density at radius 2 is 1.36 bits per heavy atom. The maximum Gasteiger partial charge on any atom is 0.418 e. The van der Waals surface area contributed by atoms with E-state index in [0.717, 1.165) is 18.2 Å². The van der Waals surface area contributed by atoms with Gasteiger partial charge in [-0.05, 0) is 24.3 Å². The van der Waals surface area contributed by atoms with Gasteiger partial charge in [0.2, 0.25) is 5.95 Å². The molecule has 150 valence electrons. The van der Waals surface area contributed by atoms with Gasteiger partial charge in [0.1, 0.15) is 5.52 Å². The Morgan fingerprint density at radius 1 is 0.750 bits per heavy atom. The average Bonchev–Trinajstić information content (AvgIpc) is 2.93. The molecule has 3 rings (SSSR count).